The third-order valence-corrected chi connectivity index (χ3v) is 6.37. The summed E-state index contributed by atoms with van der Waals surface area (Å²) in [5.41, 5.74) is 1.60. The number of benzene rings is 1. The minimum Gasteiger partial charge on any atom is -0.356 e. The summed E-state index contributed by atoms with van der Waals surface area (Å²) in [4.78, 5) is 16.0. The molecule has 0 saturated carbocycles. The van der Waals surface area contributed by atoms with Crippen molar-refractivity contribution in [3.8, 4) is 0 Å². The molecule has 2 aromatic rings. The second kappa shape index (κ2) is 9.41. The Kier molecular flexibility index (Phi) is 6.95. The van der Waals surface area contributed by atoms with Crippen molar-refractivity contribution in [1.82, 2.24) is 5.32 Å². The van der Waals surface area contributed by atoms with Crippen LogP contribution in [-0.2, 0) is 0 Å². The zero-order valence-electron chi connectivity index (χ0n) is 15.9. The Morgan fingerprint density at radius 1 is 1.19 bits per heavy atom. The molecule has 2 heterocycles. The fraction of sp³-hybridized carbons (Fsp3) is 0.400. The van der Waals surface area contributed by atoms with E-state index in [0.29, 0.717) is 16.7 Å². The Balaban J connectivity index is 1.58. The number of hydrogen-bond donors (Lipinski definition) is 4. The van der Waals surface area contributed by atoms with Gasteiger partial charge in [0.25, 0.3) is 0 Å². The summed E-state index contributed by atoms with van der Waals surface area (Å²) in [6.45, 7) is 7.17. The number of ketones is 1. The number of nitrogens with one attached hydrogen (secondary N) is 4. The molecule has 5 nitrogen and oxygen atoms in total. The van der Waals surface area contributed by atoms with Crippen LogP contribution in [0.5, 0.6) is 0 Å². The van der Waals surface area contributed by atoms with Crippen LogP contribution in [0.4, 0.5) is 5.69 Å². The Hall–Kier alpha value is -1.80. The molecule has 0 bridgehead atoms. The van der Waals surface area contributed by atoms with Crippen LogP contribution in [0.1, 0.15) is 28.2 Å². The molecule has 1 aliphatic rings. The van der Waals surface area contributed by atoms with Gasteiger partial charge in [-0.15, -0.1) is 11.3 Å². The van der Waals surface area contributed by atoms with E-state index in [1.54, 1.807) is 16.7 Å². The molecule has 0 aliphatic carbocycles. The number of thiocarbonyl (C=S) groups is 1. The van der Waals surface area contributed by atoms with Crippen LogP contribution in [0.25, 0.3) is 0 Å². The molecule has 27 heavy (non-hydrogen) atoms. The molecule has 1 aromatic heterocycles. The first-order valence-corrected chi connectivity index (χ1v) is 10.7. The lowest BCUT2D eigenvalue weighted by molar-refractivity contribution is -1.02. The quantitative estimate of drug-likeness (QED) is 0.416. The normalized spacial score (nSPS) is 20.7. The number of piperazine rings is 1. The Bertz CT molecular complexity index is 753. The summed E-state index contributed by atoms with van der Waals surface area (Å²) in [6.07, 6.45) is 0. The first-order chi connectivity index (χ1) is 13.0. The summed E-state index contributed by atoms with van der Waals surface area (Å²) >= 11 is 7.31. The van der Waals surface area contributed by atoms with Crippen LogP contribution in [-0.4, -0.2) is 50.7 Å². The summed E-state index contributed by atoms with van der Waals surface area (Å²) < 4.78 is 0. The second-order valence-corrected chi connectivity index (χ2v) is 8.54. The standard InChI is InChI=1S/C20H26N4OS2/c1-15(25)16-5-7-17(8-6-16)22-20(26)21-14-18(19-4-3-13-27-19)24-11-9-23(2)10-12-24/h3-8,13,18H,9-12,14H2,1-2H3,(H2,21,22,26)/p+2/t18-/m0/s1. The van der Waals surface area contributed by atoms with Gasteiger partial charge in [-0.2, -0.15) is 0 Å². The Morgan fingerprint density at radius 2 is 1.89 bits per heavy atom. The van der Waals surface area contributed by atoms with Crippen molar-refractivity contribution < 1.29 is 14.6 Å². The predicted octanol–water partition coefficient (Wildman–Crippen LogP) is 0.392. The van der Waals surface area contributed by atoms with Crippen LogP contribution in [0.3, 0.4) is 0 Å². The van der Waals surface area contributed by atoms with Crippen molar-refractivity contribution in [3.63, 3.8) is 0 Å². The predicted molar refractivity (Wildman–Crippen MR) is 115 cm³/mol. The van der Waals surface area contributed by atoms with Gasteiger partial charge in [-0.05, 0) is 54.9 Å². The van der Waals surface area contributed by atoms with Crippen LogP contribution >= 0.6 is 23.6 Å². The molecule has 0 radical (unpaired) electrons. The van der Waals surface area contributed by atoms with E-state index in [1.807, 2.05) is 35.6 Å². The van der Waals surface area contributed by atoms with Crippen LogP contribution < -0.4 is 20.4 Å². The number of Topliss-reactive ketones (excluding diaryl/α,β-unsaturated/α-hetero) is 1. The summed E-state index contributed by atoms with van der Waals surface area (Å²) in [5, 5.41) is 9.38. The molecule has 0 unspecified atom stereocenters. The topological polar surface area (TPSA) is 50.0 Å². The molecule has 144 valence electrons. The lowest BCUT2D eigenvalue weighted by Gasteiger charge is -2.33. The fourth-order valence-electron chi connectivity index (χ4n) is 3.44. The van der Waals surface area contributed by atoms with Gasteiger partial charge in [0.1, 0.15) is 32.2 Å². The third-order valence-electron chi connectivity index (χ3n) is 5.14. The van der Waals surface area contributed by atoms with E-state index in [2.05, 4.69) is 35.2 Å². The number of carbonyl (C=O) groups is 1. The van der Waals surface area contributed by atoms with Gasteiger partial charge in [0.15, 0.2) is 10.9 Å². The molecule has 1 atom stereocenters. The van der Waals surface area contributed by atoms with E-state index in [0.717, 1.165) is 12.2 Å². The van der Waals surface area contributed by atoms with Crippen molar-refractivity contribution in [2.75, 3.05) is 45.1 Å². The van der Waals surface area contributed by atoms with E-state index >= 15 is 0 Å². The van der Waals surface area contributed by atoms with Crippen LogP contribution in [0.15, 0.2) is 41.8 Å². The highest BCUT2D eigenvalue weighted by molar-refractivity contribution is 7.80. The van der Waals surface area contributed by atoms with Gasteiger partial charge in [-0.25, -0.2) is 0 Å². The van der Waals surface area contributed by atoms with Gasteiger partial charge >= 0.3 is 0 Å². The number of anilines is 1. The number of quaternary nitrogens is 2. The fourth-order valence-corrected chi connectivity index (χ4v) is 4.53. The monoisotopic (exact) mass is 404 g/mol. The highest BCUT2D eigenvalue weighted by Crippen LogP contribution is 2.16. The van der Waals surface area contributed by atoms with Crippen molar-refractivity contribution >= 4 is 40.1 Å². The number of thiophene rings is 1. The molecule has 1 aromatic carbocycles. The largest absolute Gasteiger partial charge is 0.356 e. The molecular formula is C20H28N4OS2+2. The minimum atomic E-state index is 0.0676. The first-order valence-electron chi connectivity index (χ1n) is 9.38. The highest BCUT2D eigenvalue weighted by atomic mass is 32.1. The molecule has 0 spiro atoms. The molecule has 3 rings (SSSR count). The molecule has 0 amide bonds. The Morgan fingerprint density at radius 3 is 2.48 bits per heavy atom. The van der Waals surface area contributed by atoms with E-state index in [-0.39, 0.29) is 5.78 Å². The van der Waals surface area contributed by atoms with E-state index in [9.17, 15) is 4.79 Å². The van der Waals surface area contributed by atoms with Crippen molar-refractivity contribution in [2.24, 2.45) is 0 Å². The average Bonchev–Trinajstić information content (AvgIpc) is 3.18. The highest BCUT2D eigenvalue weighted by Gasteiger charge is 2.29. The lowest BCUT2D eigenvalue weighted by atomic mass is 10.1. The maximum absolute atomic E-state index is 11.4. The van der Waals surface area contributed by atoms with Gasteiger partial charge < -0.3 is 20.4 Å². The molecule has 1 aliphatic heterocycles. The van der Waals surface area contributed by atoms with Crippen LogP contribution in [0.2, 0.25) is 0 Å². The second-order valence-electron chi connectivity index (χ2n) is 7.15. The van der Waals surface area contributed by atoms with Gasteiger partial charge in [0, 0.05) is 11.3 Å². The maximum Gasteiger partial charge on any atom is 0.171 e. The van der Waals surface area contributed by atoms with Crippen molar-refractivity contribution in [2.45, 2.75) is 13.0 Å². The van der Waals surface area contributed by atoms with E-state index in [4.69, 9.17) is 12.2 Å². The van der Waals surface area contributed by atoms with Crippen molar-refractivity contribution in [3.05, 3.63) is 52.2 Å². The Labute approximate surface area is 170 Å². The molecule has 4 N–H and O–H groups in total. The average molecular weight is 405 g/mol. The molecular weight excluding hydrogens is 376 g/mol. The van der Waals surface area contributed by atoms with Crippen LogP contribution in [0, 0.1) is 0 Å². The molecule has 7 heteroatoms. The zero-order chi connectivity index (χ0) is 19.2. The van der Waals surface area contributed by atoms with Gasteiger partial charge in [-0.3, -0.25) is 4.79 Å². The molecule has 1 fully saturated rings. The minimum absolute atomic E-state index is 0.0676. The SMILES string of the molecule is CC(=O)c1ccc(NC(=S)NC[C@@H](c2cccs2)[NH+]2CC[NH+](C)CC2)cc1. The number of rotatable bonds is 6. The van der Waals surface area contributed by atoms with Gasteiger partial charge in [-0.1, -0.05) is 6.07 Å². The van der Waals surface area contributed by atoms with Gasteiger partial charge in [0.05, 0.1) is 18.5 Å². The van der Waals surface area contributed by atoms with Crippen molar-refractivity contribution in [1.29, 1.82) is 0 Å². The van der Waals surface area contributed by atoms with E-state index in [1.165, 1.54) is 31.1 Å². The summed E-state index contributed by atoms with van der Waals surface area (Å²) in [5.74, 6) is 0.0676. The smallest absolute Gasteiger partial charge is 0.171 e. The molecule has 1 saturated heterocycles. The first kappa shape index (κ1) is 19.9. The summed E-state index contributed by atoms with van der Waals surface area (Å²) in [6, 6.07) is 12.2. The lowest BCUT2D eigenvalue weighted by Crippen LogP contribution is -3.27. The third kappa shape index (κ3) is 5.59. The number of likely N-dealkylation sites (N-methyl/N-ethyl adjacent to an activating group) is 1. The number of carbonyl (C=O) groups excluding carboxylic acids is 1. The maximum atomic E-state index is 11.4. The number of hydrogen-bond acceptors (Lipinski definition) is 3. The van der Waals surface area contributed by atoms with Gasteiger partial charge in [0.2, 0.25) is 0 Å². The van der Waals surface area contributed by atoms with E-state index < -0.39 is 0 Å². The summed E-state index contributed by atoms with van der Waals surface area (Å²) in [7, 11) is 2.27. The zero-order valence-corrected chi connectivity index (χ0v) is 17.5.